The maximum atomic E-state index is 8.90. The van der Waals surface area contributed by atoms with E-state index >= 15 is 0 Å². The molecular weight excluding hydrogens is 152 g/mol. The standard InChI is InChI=1S/C10H12O2/c1-7-3-2-4-8-5-9(6-11)12-10(7)8/h2-4,9,11H,5-6H2,1H3/t9-/m0/s1. The molecule has 1 atom stereocenters. The number of fused-ring (bicyclic) bond motifs is 1. The molecule has 0 saturated heterocycles. The Bertz CT molecular complexity index is 294. The molecule has 0 amide bonds. The molecule has 0 bridgehead atoms. The van der Waals surface area contributed by atoms with Gasteiger partial charge in [-0.15, -0.1) is 0 Å². The number of hydrogen-bond donors (Lipinski definition) is 1. The van der Waals surface area contributed by atoms with Gasteiger partial charge in [0, 0.05) is 6.42 Å². The number of rotatable bonds is 1. The van der Waals surface area contributed by atoms with Gasteiger partial charge < -0.3 is 9.84 Å². The van der Waals surface area contributed by atoms with E-state index < -0.39 is 0 Å². The molecule has 64 valence electrons. The summed E-state index contributed by atoms with van der Waals surface area (Å²) in [5.74, 6) is 0.969. The van der Waals surface area contributed by atoms with Gasteiger partial charge >= 0.3 is 0 Å². The maximum absolute atomic E-state index is 8.90. The molecule has 0 unspecified atom stereocenters. The molecule has 1 aliphatic heterocycles. The van der Waals surface area contributed by atoms with E-state index in [0.29, 0.717) is 0 Å². The van der Waals surface area contributed by atoms with Gasteiger partial charge in [-0.05, 0) is 18.1 Å². The normalized spacial score (nSPS) is 20.3. The smallest absolute Gasteiger partial charge is 0.126 e. The van der Waals surface area contributed by atoms with E-state index in [0.717, 1.165) is 17.7 Å². The quantitative estimate of drug-likeness (QED) is 0.677. The van der Waals surface area contributed by atoms with Gasteiger partial charge in [0.2, 0.25) is 0 Å². The molecule has 12 heavy (non-hydrogen) atoms. The highest BCUT2D eigenvalue weighted by atomic mass is 16.5. The van der Waals surface area contributed by atoms with Gasteiger partial charge in [-0.2, -0.15) is 0 Å². The van der Waals surface area contributed by atoms with Crippen LogP contribution in [0.5, 0.6) is 5.75 Å². The first-order chi connectivity index (χ1) is 5.81. The van der Waals surface area contributed by atoms with Gasteiger partial charge in [-0.25, -0.2) is 0 Å². The lowest BCUT2D eigenvalue weighted by atomic mass is 10.1. The zero-order chi connectivity index (χ0) is 8.55. The Morgan fingerprint density at radius 3 is 3.08 bits per heavy atom. The summed E-state index contributed by atoms with van der Waals surface area (Å²) in [6.07, 6.45) is 0.814. The van der Waals surface area contributed by atoms with Crippen LogP contribution in [0, 0.1) is 6.92 Å². The number of para-hydroxylation sites is 1. The molecule has 2 heteroatoms. The van der Waals surface area contributed by atoms with E-state index in [1.807, 2.05) is 19.1 Å². The number of hydrogen-bond acceptors (Lipinski definition) is 2. The first kappa shape index (κ1) is 7.62. The van der Waals surface area contributed by atoms with Crippen molar-refractivity contribution in [2.24, 2.45) is 0 Å². The van der Waals surface area contributed by atoms with Crippen LogP contribution < -0.4 is 4.74 Å². The van der Waals surface area contributed by atoms with Crippen molar-refractivity contribution in [3.63, 3.8) is 0 Å². The van der Waals surface area contributed by atoms with Crippen molar-refractivity contribution in [1.82, 2.24) is 0 Å². The molecule has 1 aliphatic rings. The zero-order valence-corrected chi connectivity index (χ0v) is 7.08. The summed E-state index contributed by atoms with van der Waals surface area (Å²) >= 11 is 0. The third-order valence-electron chi connectivity index (χ3n) is 2.23. The van der Waals surface area contributed by atoms with Crippen LogP contribution in [-0.4, -0.2) is 17.8 Å². The average Bonchev–Trinajstić information content (AvgIpc) is 2.49. The highest BCUT2D eigenvalue weighted by Crippen LogP contribution is 2.31. The molecule has 0 radical (unpaired) electrons. The highest BCUT2D eigenvalue weighted by molar-refractivity contribution is 5.43. The van der Waals surface area contributed by atoms with Gasteiger partial charge in [0.1, 0.15) is 11.9 Å². The maximum Gasteiger partial charge on any atom is 0.126 e. The SMILES string of the molecule is Cc1cccc2c1O[C@H](CO)C2. The Morgan fingerprint density at radius 1 is 1.58 bits per heavy atom. The van der Waals surface area contributed by atoms with Crippen LogP contribution in [0.2, 0.25) is 0 Å². The molecule has 0 aliphatic carbocycles. The Balaban J connectivity index is 2.35. The second kappa shape index (κ2) is 2.79. The van der Waals surface area contributed by atoms with E-state index in [4.69, 9.17) is 9.84 Å². The minimum absolute atomic E-state index is 0.0268. The lowest BCUT2D eigenvalue weighted by Gasteiger charge is -2.06. The van der Waals surface area contributed by atoms with E-state index in [9.17, 15) is 0 Å². The molecule has 0 spiro atoms. The minimum Gasteiger partial charge on any atom is -0.487 e. The molecule has 1 aromatic rings. The molecule has 2 rings (SSSR count). The summed E-state index contributed by atoms with van der Waals surface area (Å²) in [4.78, 5) is 0. The number of aryl methyl sites for hydroxylation is 1. The van der Waals surface area contributed by atoms with E-state index in [2.05, 4.69) is 6.07 Å². The summed E-state index contributed by atoms with van der Waals surface area (Å²) in [6, 6.07) is 6.11. The minimum atomic E-state index is -0.0268. The fourth-order valence-corrected chi connectivity index (χ4v) is 1.60. The Kier molecular flexibility index (Phi) is 1.77. The molecule has 0 aromatic heterocycles. The summed E-state index contributed by atoms with van der Waals surface area (Å²) < 4.78 is 5.54. The summed E-state index contributed by atoms with van der Waals surface area (Å²) in [5.41, 5.74) is 2.37. The van der Waals surface area contributed by atoms with Crippen LogP contribution in [0.15, 0.2) is 18.2 Å². The Morgan fingerprint density at radius 2 is 2.42 bits per heavy atom. The molecule has 1 heterocycles. The monoisotopic (exact) mass is 164 g/mol. The second-order valence-electron chi connectivity index (χ2n) is 3.19. The predicted octanol–water partition coefficient (Wildman–Crippen LogP) is 1.29. The first-order valence-electron chi connectivity index (χ1n) is 4.17. The fourth-order valence-electron chi connectivity index (χ4n) is 1.60. The van der Waals surface area contributed by atoms with Crippen molar-refractivity contribution in [3.8, 4) is 5.75 Å². The summed E-state index contributed by atoms with van der Waals surface area (Å²) in [5, 5.41) is 8.90. The van der Waals surface area contributed by atoms with E-state index in [1.165, 1.54) is 5.56 Å². The molecule has 2 nitrogen and oxygen atoms in total. The Labute approximate surface area is 71.8 Å². The van der Waals surface area contributed by atoms with Crippen molar-refractivity contribution in [3.05, 3.63) is 29.3 Å². The Hall–Kier alpha value is -1.02. The molecule has 1 N–H and O–H groups in total. The zero-order valence-electron chi connectivity index (χ0n) is 7.08. The lowest BCUT2D eigenvalue weighted by Crippen LogP contribution is -2.17. The third kappa shape index (κ3) is 1.08. The number of aliphatic hydroxyl groups excluding tert-OH is 1. The van der Waals surface area contributed by atoms with Crippen LogP contribution in [0.1, 0.15) is 11.1 Å². The number of aliphatic hydroxyl groups is 1. The number of benzene rings is 1. The van der Waals surface area contributed by atoms with Crippen molar-refractivity contribution in [2.45, 2.75) is 19.4 Å². The van der Waals surface area contributed by atoms with Crippen LogP contribution in [0.4, 0.5) is 0 Å². The topological polar surface area (TPSA) is 29.5 Å². The molecular formula is C10H12O2. The van der Waals surface area contributed by atoms with Gasteiger partial charge in [0.05, 0.1) is 6.61 Å². The van der Waals surface area contributed by atoms with Gasteiger partial charge in [-0.3, -0.25) is 0 Å². The van der Waals surface area contributed by atoms with Crippen LogP contribution in [-0.2, 0) is 6.42 Å². The van der Waals surface area contributed by atoms with Gasteiger partial charge in [0.25, 0.3) is 0 Å². The predicted molar refractivity (Wildman–Crippen MR) is 46.4 cm³/mol. The molecule has 0 fully saturated rings. The van der Waals surface area contributed by atoms with Crippen LogP contribution >= 0.6 is 0 Å². The van der Waals surface area contributed by atoms with E-state index in [1.54, 1.807) is 0 Å². The summed E-state index contributed by atoms with van der Waals surface area (Å²) in [6.45, 7) is 2.13. The average molecular weight is 164 g/mol. The van der Waals surface area contributed by atoms with Crippen molar-refractivity contribution < 1.29 is 9.84 Å². The van der Waals surface area contributed by atoms with Crippen molar-refractivity contribution >= 4 is 0 Å². The molecule has 1 aromatic carbocycles. The fraction of sp³-hybridized carbons (Fsp3) is 0.400. The molecule has 0 saturated carbocycles. The third-order valence-corrected chi connectivity index (χ3v) is 2.23. The van der Waals surface area contributed by atoms with Crippen LogP contribution in [0.3, 0.4) is 0 Å². The largest absolute Gasteiger partial charge is 0.487 e. The van der Waals surface area contributed by atoms with E-state index in [-0.39, 0.29) is 12.7 Å². The highest BCUT2D eigenvalue weighted by Gasteiger charge is 2.22. The first-order valence-corrected chi connectivity index (χ1v) is 4.17. The van der Waals surface area contributed by atoms with Gasteiger partial charge in [0.15, 0.2) is 0 Å². The lowest BCUT2D eigenvalue weighted by molar-refractivity contribution is 0.134. The number of ether oxygens (including phenoxy) is 1. The summed E-state index contributed by atoms with van der Waals surface area (Å²) in [7, 11) is 0. The van der Waals surface area contributed by atoms with Gasteiger partial charge in [-0.1, -0.05) is 18.2 Å². The van der Waals surface area contributed by atoms with Crippen LogP contribution in [0.25, 0.3) is 0 Å². The van der Waals surface area contributed by atoms with Crippen molar-refractivity contribution in [1.29, 1.82) is 0 Å². The van der Waals surface area contributed by atoms with Crippen molar-refractivity contribution in [2.75, 3.05) is 6.61 Å². The second-order valence-corrected chi connectivity index (χ2v) is 3.19.